The Kier molecular flexibility index (Phi) is 9.28. The molecule has 0 saturated heterocycles. The minimum atomic E-state index is -0.674. The molecule has 0 aliphatic carbocycles. The number of hydrogen-bond acceptors (Lipinski definition) is 2. The van der Waals surface area contributed by atoms with Crippen LogP contribution in [0.5, 0.6) is 0 Å². The SMILES string of the molecule is O=C(O)CCCCCCCCCCC1C=CC2=Cc3ccc(C=CC=Cc4ccccc4)n3[B]N21. The third-order valence-electron chi connectivity index (χ3n) is 6.77. The molecule has 2 aliphatic heterocycles. The molecular formula is C30H36BN2O2. The highest BCUT2D eigenvalue weighted by atomic mass is 16.4. The van der Waals surface area contributed by atoms with Gasteiger partial charge in [0.25, 0.3) is 0 Å². The fraction of sp³-hybridized carbons (Fsp3) is 0.367. The Morgan fingerprint density at radius 1 is 0.886 bits per heavy atom. The summed E-state index contributed by atoms with van der Waals surface area (Å²) in [6.07, 6.45) is 26.1. The van der Waals surface area contributed by atoms with E-state index in [1.807, 2.05) is 6.07 Å². The molecule has 1 atom stereocenters. The average molecular weight is 467 g/mol. The molecule has 4 nitrogen and oxygen atoms in total. The van der Waals surface area contributed by atoms with Gasteiger partial charge in [-0.25, -0.2) is 0 Å². The Morgan fingerprint density at radius 3 is 2.37 bits per heavy atom. The topological polar surface area (TPSA) is 45.5 Å². The molecule has 0 saturated carbocycles. The number of hydrogen-bond donors (Lipinski definition) is 1. The van der Waals surface area contributed by atoms with Gasteiger partial charge in [0.2, 0.25) is 0 Å². The maximum Gasteiger partial charge on any atom is 0.396 e. The van der Waals surface area contributed by atoms with Crippen LogP contribution < -0.4 is 0 Å². The first-order valence-corrected chi connectivity index (χ1v) is 13.1. The maximum atomic E-state index is 10.5. The van der Waals surface area contributed by atoms with Gasteiger partial charge in [-0.15, -0.1) is 0 Å². The van der Waals surface area contributed by atoms with E-state index in [2.05, 4.69) is 95.8 Å². The number of carboxylic acid groups (broad SMARTS) is 1. The molecule has 0 amide bonds. The van der Waals surface area contributed by atoms with Crippen molar-refractivity contribution in [3.8, 4) is 0 Å². The first kappa shape index (κ1) is 24.9. The van der Waals surface area contributed by atoms with E-state index in [-0.39, 0.29) is 0 Å². The van der Waals surface area contributed by atoms with Gasteiger partial charge >= 0.3 is 13.5 Å². The van der Waals surface area contributed by atoms with Crippen LogP contribution in [-0.4, -0.2) is 34.0 Å². The second kappa shape index (κ2) is 13.0. The van der Waals surface area contributed by atoms with E-state index in [0.717, 1.165) is 19.3 Å². The Balaban J connectivity index is 1.19. The number of carboxylic acids is 1. The predicted molar refractivity (Wildman–Crippen MR) is 147 cm³/mol. The number of fused-ring (bicyclic) bond motifs is 2. The Morgan fingerprint density at radius 2 is 1.60 bits per heavy atom. The summed E-state index contributed by atoms with van der Waals surface area (Å²) in [7, 11) is 2.26. The number of carbonyl (C=O) groups is 1. The largest absolute Gasteiger partial charge is 0.481 e. The molecule has 0 fully saturated rings. The van der Waals surface area contributed by atoms with Crippen LogP contribution in [0, 0.1) is 0 Å². The number of benzene rings is 1. The molecule has 2 aliphatic rings. The molecular weight excluding hydrogens is 431 g/mol. The van der Waals surface area contributed by atoms with Crippen LogP contribution in [-0.2, 0) is 4.79 Å². The van der Waals surface area contributed by atoms with Gasteiger partial charge in [-0.2, -0.15) is 0 Å². The lowest BCUT2D eigenvalue weighted by atomic mass is 9.96. The zero-order chi connectivity index (χ0) is 24.3. The van der Waals surface area contributed by atoms with E-state index >= 15 is 0 Å². The van der Waals surface area contributed by atoms with E-state index in [0.29, 0.717) is 12.5 Å². The molecule has 5 heteroatoms. The van der Waals surface area contributed by atoms with Crippen LogP contribution in [0.2, 0.25) is 0 Å². The van der Waals surface area contributed by atoms with E-state index in [4.69, 9.17) is 5.11 Å². The van der Waals surface area contributed by atoms with Crippen LogP contribution in [0.25, 0.3) is 18.2 Å². The second-order valence-electron chi connectivity index (χ2n) is 9.46. The average Bonchev–Trinajstić information content (AvgIpc) is 3.45. The number of allylic oxidation sites excluding steroid dienone is 3. The van der Waals surface area contributed by atoms with Gasteiger partial charge in [-0.05, 0) is 48.8 Å². The molecule has 0 spiro atoms. The Hall–Kier alpha value is -3.21. The van der Waals surface area contributed by atoms with Crippen molar-refractivity contribution < 1.29 is 9.90 Å². The summed E-state index contributed by atoms with van der Waals surface area (Å²) in [5.74, 6) is -0.674. The van der Waals surface area contributed by atoms with Gasteiger partial charge < -0.3 is 14.4 Å². The summed E-state index contributed by atoms with van der Waals surface area (Å²) < 4.78 is 2.28. The smallest absolute Gasteiger partial charge is 0.396 e. The lowest BCUT2D eigenvalue weighted by molar-refractivity contribution is -0.137. The molecule has 181 valence electrons. The summed E-state index contributed by atoms with van der Waals surface area (Å²) in [5.41, 5.74) is 4.88. The van der Waals surface area contributed by atoms with Crippen molar-refractivity contribution in [1.82, 2.24) is 9.29 Å². The summed E-state index contributed by atoms with van der Waals surface area (Å²) >= 11 is 0. The fourth-order valence-corrected chi connectivity index (χ4v) is 4.81. The Bertz CT molecular complexity index is 1080. The summed E-state index contributed by atoms with van der Waals surface area (Å²) in [6, 6.07) is 15.2. The molecule has 1 aromatic heterocycles. The monoisotopic (exact) mass is 467 g/mol. The molecule has 1 radical (unpaired) electrons. The molecule has 0 bridgehead atoms. The van der Waals surface area contributed by atoms with Crippen LogP contribution >= 0.6 is 0 Å². The highest BCUT2D eigenvalue weighted by molar-refractivity contribution is 6.33. The van der Waals surface area contributed by atoms with Gasteiger partial charge in [0.1, 0.15) is 0 Å². The van der Waals surface area contributed by atoms with Crippen molar-refractivity contribution in [2.24, 2.45) is 0 Å². The van der Waals surface area contributed by atoms with Crippen molar-refractivity contribution in [2.75, 3.05) is 0 Å². The normalized spacial score (nSPS) is 16.5. The van der Waals surface area contributed by atoms with Crippen LogP contribution in [0.15, 0.2) is 72.5 Å². The van der Waals surface area contributed by atoms with E-state index in [1.165, 1.54) is 61.2 Å². The van der Waals surface area contributed by atoms with Crippen molar-refractivity contribution >= 4 is 31.7 Å². The Labute approximate surface area is 210 Å². The van der Waals surface area contributed by atoms with Gasteiger partial charge in [-0.3, -0.25) is 4.79 Å². The predicted octanol–water partition coefficient (Wildman–Crippen LogP) is 7.18. The first-order chi connectivity index (χ1) is 17.2. The molecule has 35 heavy (non-hydrogen) atoms. The molecule has 3 heterocycles. The second-order valence-corrected chi connectivity index (χ2v) is 9.46. The van der Waals surface area contributed by atoms with E-state index in [1.54, 1.807) is 0 Å². The first-order valence-electron chi connectivity index (χ1n) is 13.1. The zero-order valence-corrected chi connectivity index (χ0v) is 20.6. The third-order valence-corrected chi connectivity index (χ3v) is 6.77. The van der Waals surface area contributed by atoms with Gasteiger partial charge in [0.05, 0.1) is 0 Å². The van der Waals surface area contributed by atoms with Crippen LogP contribution in [0.3, 0.4) is 0 Å². The minimum absolute atomic E-state index is 0.312. The van der Waals surface area contributed by atoms with Gasteiger partial charge in [0, 0.05) is 29.5 Å². The molecule has 1 aromatic carbocycles. The number of rotatable bonds is 14. The van der Waals surface area contributed by atoms with Crippen LogP contribution in [0.1, 0.15) is 81.2 Å². The van der Waals surface area contributed by atoms with Crippen LogP contribution in [0.4, 0.5) is 0 Å². The van der Waals surface area contributed by atoms with Crippen molar-refractivity contribution in [3.63, 3.8) is 0 Å². The maximum absolute atomic E-state index is 10.5. The van der Waals surface area contributed by atoms with Gasteiger partial charge in [0.15, 0.2) is 0 Å². The number of aromatic nitrogens is 1. The number of aliphatic carboxylic acids is 1. The molecule has 1 unspecified atom stereocenters. The van der Waals surface area contributed by atoms with Gasteiger partial charge in [-0.1, -0.05) is 99.6 Å². The zero-order valence-electron chi connectivity index (χ0n) is 20.6. The van der Waals surface area contributed by atoms with Crippen molar-refractivity contribution in [3.05, 3.63) is 89.4 Å². The lowest BCUT2D eigenvalue weighted by Crippen LogP contribution is -2.39. The summed E-state index contributed by atoms with van der Waals surface area (Å²) in [6.45, 7) is 0. The van der Waals surface area contributed by atoms with Crippen molar-refractivity contribution in [1.29, 1.82) is 0 Å². The number of unbranched alkanes of at least 4 members (excludes halogenated alkanes) is 7. The standard InChI is InChI=1S/C30H36BN2O2/c34-30(35)19-11-6-4-2-1-3-5-10-17-26-20-22-28-24-29-23-21-27(33(29)31-32(26)28)18-13-12-16-25-14-8-7-9-15-25/h7-9,12-16,18,20-24,26H,1-6,10-11,17,19H2,(H,34,35). The lowest BCUT2D eigenvalue weighted by Gasteiger charge is -2.31. The highest BCUT2D eigenvalue weighted by Gasteiger charge is 2.28. The third kappa shape index (κ3) is 7.39. The molecule has 4 rings (SSSR count). The highest BCUT2D eigenvalue weighted by Crippen LogP contribution is 2.30. The van der Waals surface area contributed by atoms with E-state index < -0.39 is 5.97 Å². The summed E-state index contributed by atoms with van der Waals surface area (Å²) in [4.78, 5) is 13.0. The number of nitrogens with zero attached hydrogens (tertiary/aromatic N) is 2. The molecule has 1 N–H and O–H groups in total. The molecule has 2 aromatic rings. The quantitative estimate of drug-likeness (QED) is 0.182. The minimum Gasteiger partial charge on any atom is -0.481 e. The van der Waals surface area contributed by atoms with E-state index in [9.17, 15) is 4.79 Å². The fourth-order valence-electron chi connectivity index (χ4n) is 4.81. The summed E-state index contributed by atoms with van der Waals surface area (Å²) in [5, 5.41) is 8.69. The van der Waals surface area contributed by atoms with Crippen molar-refractivity contribution in [2.45, 2.75) is 70.3 Å².